The van der Waals surface area contributed by atoms with Gasteiger partial charge in [-0.3, -0.25) is 0 Å². The fraction of sp³-hybridized carbons (Fsp3) is 0.188. The molecule has 4 aromatic rings. The van der Waals surface area contributed by atoms with Crippen LogP contribution in [-0.4, -0.2) is 31.1 Å². The number of rotatable bonds is 6. The molecule has 0 radical (unpaired) electrons. The zero-order chi connectivity index (χ0) is 27.0. The molecule has 0 N–H and O–H groups in total. The topological polar surface area (TPSA) is 71.1 Å². The summed E-state index contributed by atoms with van der Waals surface area (Å²) in [5, 5.41) is 0. The molecular weight excluding hydrogens is 599 g/mol. The van der Waals surface area contributed by atoms with Crippen LogP contribution in [0.4, 0.5) is 0 Å². The fourth-order valence-electron chi connectivity index (χ4n) is 5.61. The van der Waals surface area contributed by atoms with Crippen molar-refractivity contribution in [2.45, 2.75) is 34.6 Å². The molecule has 2 heterocycles. The van der Waals surface area contributed by atoms with E-state index in [1.54, 1.807) is 13.8 Å². The van der Waals surface area contributed by atoms with Crippen molar-refractivity contribution in [1.29, 1.82) is 0 Å². The predicted molar refractivity (Wildman–Crippen MR) is 148 cm³/mol. The van der Waals surface area contributed by atoms with Crippen LogP contribution in [0.25, 0.3) is 0 Å². The summed E-state index contributed by atoms with van der Waals surface area (Å²) in [6.45, 7) is 3.52. The van der Waals surface area contributed by atoms with Gasteiger partial charge in [-0.1, -0.05) is 0 Å². The maximum absolute atomic E-state index is 13.4. The van der Waals surface area contributed by atoms with Crippen molar-refractivity contribution in [2.24, 2.45) is 0 Å². The van der Waals surface area contributed by atoms with Crippen LogP contribution in [0.1, 0.15) is 56.8 Å². The van der Waals surface area contributed by atoms with Gasteiger partial charge in [0.1, 0.15) is 0 Å². The molecule has 6 nitrogen and oxygen atoms in total. The van der Waals surface area contributed by atoms with Gasteiger partial charge >= 0.3 is 233 Å². The number of hydrogen-bond donors (Lipinski definition) is 0. The molecule has 0 unspecified atom stereocenters. The van der Waals surface area contributed by atoms with Crippen LogP contribution < -0.4 is 9.47 Å². The maximum atomic E-state index is 13.4. The van der Waals surface area contributed by atoms with E-state index in [9.17, 15) is 9.59 Å². The summed E-state index contributed by atoms with van der Waals surface area (Å²) < 4.78 is 25.0. The van der Waals surface area contributed by atoms with E-state index >= 15 is 0 Å². The minimum absolute atomic E-state index is 0.154. The molecule has 0 bridgehead atoms. The van der Waals surface area contributed by atoms with E-state index in [1.807, 2.05) is 97.1 Å². The van der Waals surface area contributed by atoms with E-state index in [-0.39, 0.29) is 12.8 Å². The molecule has 39 heavy (non-hydrogen) atoms. The Kier molecular flexibility index (Phi) is 6.81. The second-order valence-electron chi connectivity index (χ2n) is 9.60. The Morgan fingerprint density at radius 3 is 1.13 bits per heavy atom. The molecule has 0 aromatic heterocycles. The zero-order valence-electron chi connectivity index (χ0n) is 21.8. The normalized spacial score (nSPS) is 14.0. The molecule has 2 aliphatic heterocycles. The third-order valence-electron chi connectivity index (χ3n) is 7.29. The average molecular weight is 627 g/mol. The summed E-state index contributed by atoms with van der Waals surface area (Å²) in [6.07, 6.45) is 0.308. The van der Waals surface area contributed by atoms with E-state index < -0.39 is 39.0 Å². The molecule has 0 atom stereocenters. The van der Waals surface area contributed by atoms with Gasteiger partial charge in [0.2, 0.25) is 0 Å². The van der Waals surface area contributed by atoms with Gasteiger partial charge in [-0.25, -0.2) is 0 Å². The first kappa shape index (κ1) is 25.5. The number of carbonyl (C=O) groups excluding carboxylic acids is 2. The molecule has 7 heteroatoms. The Bertz CT molecular complexity index is 1360. The van der Waals surface area contributed by atoms with E-state index in [1.165, 1.54) is 0 Å². The van der Waals surface area contributed by atoms with Gasteiger partial charge in [0.15, 0.2) is 0 Å². The standard InChI is InChI=1S/2C13H9O.2C3H6O2.Sn/c2*1-3-7-12-10(5-1)9-11-6-2-4-8-13(11)14-12;2*1-2-3(4)5;/h2*1-9H;2*2H2,1H3,(H,4,5);/q;;;;+2/p-2. The van der Waals surface area contributed by atoms with Crippen LogP contribution in [0, 0.1) is 0 Å². The van der Waals surface area contributed by atoms with Crippen molar-refractivity contribution in [3.05, 3.63) is 119 Å². The van der Waals surface area contributed by atoms with Crippen LogP contribution in [-0.2, 0) is 15.7 Å². The van der Waals surface area contributed by atoms with Crippen molar-refractivity contribution < 1.29 is 25.2 Å². The van der Waals surface area contributed by atoms with Crippen molar-refractivity contribution in [1.82, 2.24) is 0 Å². The first-order valence-corrected chi connectivity index (χ1v) is 18.8. The summed E-state index contributed by atoms with van der Waals surface area (Å²) in [7, 11) is 0. The van der Waals surface area contributed by atoms with E-state index in [4.69, 9.17) is 15.6 Å². The SMILES string of the molecule is CCC(=O)[O][Sn]([O]C(=O)CC)([CH]1c2ccccc2Oc2ccccc21)[CH]1c2ccccc2Oc2ccccc21. The molecule has 4 aromatic carbocycles. The third-order valence-corrected chi connectivity index (χ3v) is 18.6. The molecule has 0 spiro atoms. The number of benzene rings is 4. The van der Waals surface area contributed by atoms with Gasteiger partial charge in [0.05, 0.1) is 0 Å². The Morgan fingerprint density at radius 1 is 0.564 bits per heavy atom. The zero-order valence-corrected chi connectivity index (χ0v) is 24.6. The van der Waals surface area contributed by atoms with Gasteiger partial charge < -0.3 is 0 Å². The van der Waals surface area contributed by atoms with Crippen molar-refractivity contribution in [2.75, 3.05) is 0 Å². The molecule has 6 rings (SSSR count). The molecule has 0 aliphatic carbocycles. The third kappa shape index (κ3) is 4.36. The van der Waals surface area contributed by atoms with Crippen molar-refractivity contribution >= 4 is 31.1 Å². The molecular formula is C32H28O6Sn. The molecule has 0 fully saturated rings. The van der Waals surface area contributed by atoms with Gasteiger partial charge in [0.25, 0.3) is 0 Å². The van der Waals surface area contributed by atoms with Crippen LogP contribution in [0.15, 0.2) is 97.1 Å². The van der Waals surface area contributed by atoms with Gasteiger partial charge in [-0.15, -0.1) is 0 Å². The molecule has 0 saturated carbocycles. The number of carbonyl (C=O) groups is 2. The Hall–Kier alpha value is -3.78. The van der Waals surface area contributed by atoms with Crippen LogP contribution in [0.2, 0.25) is 0 Å². The van der Waals surface area contributed by atoms with E-state index in [0.29, 0.717) is 23.0 Å². The van der Waals surface area contributed by atoms with Crippen LogP contribution in [0.5, 0.6) is 23.0 Å². The van der Waals surface area contributed by atoms with Crippen molar-refractivity contribution in [3.63, 3.8) is 0 Å². The second-order valence-corrected chi connectivity index (χ2v) is 18.2. The molecule has 0 saturated heterocycles. The number of fused-ring (bicyclic) bond motifs is 4. The summed E-state index contributed by atoms with van der Waals surface area (Å²) in [5.74, 6) is 1.87. The van der Waals surface area contributed by atoms with Crippen LogP contribution in [0.3, 0.4) is 0 Å². The number of para-hydroxylation sites is 4. The monoisotopic (exact) mass is 628 g/mol. The van der Waals surface area contributed by atoms with Gasteiger partial charge in [-0.05, 0) is 0 Å². The average Bonchev–Trinajstić information content (AvgIpc) is 2.98. The first-order chi connectivity index (χ1) is 19.1. The first-order valence-electron chi connectivity index (χ1n) is 13.2. The van der Waals surface area contributed by atoms with Crippen LogP contribution >= 0.6 is 0 Å². The fourth-order valence-corrected chi connectivity index (χ4v) is 18.6. The Morgan fingerprint density at radius 2 is 0.846 bits per heavy atom. The van der Waals surface area contributed by atoms with Crippen molar-refractivity contribution in [3.8, 4) is 23.0 Å². The van der Waals surface area contributed by atoms with E-state index in [2.05, 4.69) is 0 Å². The van der Waals surface area contributed by atoms with Gasteiger partial charge in [0, 0.05) is 0 Å². The summed E-state index contributed by atoms with van der Waals surface area (Å²) in [5.41, 5.74) is 3.39. The molecule has 0 amide bonds. The predicted octanol–water partition coefficient (Wildman–Crippen LogP) is 7.29. The summed E-state index contributed by atoms with van der Waals surface area (Å²) in [6, 6.07) is 31.0. The molecule has 2 aliphatic rings. The minimum atomic E-state index is -5.17. The Balaban J connectivity index is 1.72. The quantitative estimate of drug-likeness (QED) is 0.209. The summed E-state index contributed by atoms with van der Waals surface area (Å²) in [4.78, 5) is 26.8. The van der Waals surface area contributed by atoms with E-state index in [0.717, 1.165) is 22.3 Å². The summed E-state index contributed by atoms with van der Waals surface area (Å²) >= 11 is -5.17. The van der Waals surface area contributed by atoms with Gasteiger partial charge in [-0.2, -0.15) is 0 Å². The molecule has 196 valence electrons. The number of ether oxygens (including phenoxy) is 2. The Labute approximate surface area is 232 Å². The number of hydrogen-bond acceptors (Lipinski definition) is 6. The second kappa shape index (κ2) is 10.4.